The number of hydrogen-bond donors (Lipinski definition) is 1. The molecule has 1 aromatic heterocycles. The zero-order valence-electron chi connectivity index (χ0n) is 13.2. The Morgan fingerprint density at radius 1 is 1.25 bits per heavy atom. The maximum Gasteiger partial charge on any atom is 0.0416 e. The van der Waals surface area contributed by atoms with Crippen LogP contribution in [0.15, 0.2) is 24.4 Å². The fraction of sp³-hybridized carbons (Fsp3) is 0.706. The smallest absolute Gasteiger partial charge is 0.0416 e. The van der Waals surface area contributed by atoms with Crippen LogP contribution in [0, 0.1) is 5.92 Å². The molecule has 0 spiro atoms. The maximum atomic E-state index is 4.40. The van der Waals surface area contributed by atoms with Gasteiger partial charge in [-0.15, -0.1) is 0 Å². The topological polar surface area (TPSA) is 28.2 Å². The number of hydrogen-bond acceptors (Lipinski definition) is 3. The second-order valence-corrected chi connectivity index (χ2v) is 6.99. The third kappa shape index (κ3) is 5.59. The number of nitrogens with zero attached hydrogens (tertiary/aromatic N) is 2. The zero-order valence-corrected chi connectivity index (χ0v) is 13.2. The van der Waals surface area contributed by atoms with Crippen molar-refractivity contribution >= 4 is 0 Å². The van der Waals surface area contributed by atoms with Gasteiger partial charge in [0.25, 0.3) is 0 Å². The van der Waals surface area contributed by atoms with Crippen molar-refractivity contribution in [3.8, 4) is 0 Å². The molecular weight excluding hydrogens is 246 g/mol. The van der Waals surface area contributed by atoms with Crippen molar-refractivity contribution in [1.82, 2.24) is 15.2 Å². The molecule has 3 nitrogen and oxygen atoms in total. The Kier molecular flexibility index (Phi) is 5.55. The van der Waals surface area contributed by atoms with Crippen LogP contribution in [-0.2, 0) is 6.42 Å². The maximum absolute atomic E-state index is 4.40. The Morgan fingerprint density at radius 3 is 2.60 bits per heavy atom. The summed E-state index contributed by atoms with van der Waals surface area (Å²) >= 11 is 0. The van der Waals surface area contributed by atoms with Gasteiger partial charge in [0.05, 0.1) is 0 Å². The molecule has 1 saturated heterocycles. The summed E-state index contributed by atoms with van der Waals surface area (Å²) in [5.41, 5.74) is 1.46. The van der Waals surface area contributed by atoms with Crippen molar-refractivity contribution in [3.63, 3.8) is 0 Å². The van der Waals surface area contributed by atoms with Gasteiger partial charge in [0, 0.05) is 30.4 Å². The van der Waals surface area contributed by atoms with E-state index in [9.17, 15) is 0 Å². The van der Waals surface area contributed by atoms with Gasteiger partial charge in [-0.2, -0.15) is 0 Å². The minimum atomic E-state index is 0.246. The third-order valence-electron chi connectivity index (χ3n) is 4.04. The molecular formula is C17H29N3. The van der Waals surface area contributed by atoms with Gasteiger partial charge in [0.2, 0.25) is 0 Å². The molecule has 2 rings (SSSR count). The largest absolute Gasteiger partial charge is 0.312 e. The van der Waals surface area contributed by atoms with Gasteiger partial charge >= 0.3 is 0 Å². The van der Waals surface area contributed by atoms with Crippen molar-refractivity contribution < 1.29 is 0 Å². The monoisotopic (exact) mass is 275 g/mol. The van der Waals surface area contributed by atoms with Gasteiger partial charge in [-0.3, -0.25) is 4.98 Å². The fourth-order valence-corrected chi connectivity index (χ4v) is 2.68. The van der Waals surface area contributed by atoms with Gasteiger partial charge in [0.15, 0.2) is 0 Å². The zero-order chi connectivity index (χ0) is 14.4. The normalized spacial score (nSPS) is 18.4. The van der Waals surface area contributed by atoms with Gasteiger partial charge in [-0.25, -0.2) is 0 Å². The summed E-state index contributed by atoms with van der Waals surface area (Å²) in [6.07, 6.45) is 5.61. The van der Waals surface area contributed by atoms with Crippen molar-refractivity contribution in [3.05, 3.63) is 30.1 Å². The highest BCUT2D eigenvalue weighted by Gasteiger charge is 2.20. The molecule has 2 heterocycles. The first-order valence-electron chi connectivity index (χ1n) is 7.90. The molecule has 1 fully saturated rings. The van der Waals surface area contributed by atoms with Crippen molar-refractivity contribution in [2.45, 2.75) is 45.6 Å². The summed E-state index contributed by atoms with van der Waals surface area (Å²) in [4.78, 5) is 6.98. The lowest BCUT2D eigenvalue weighted by Gasteiger charge is -2.33. The molecule has 0 bridgehead atoms. The molecule has 3 heteroatoms. The van der Waals surface area contributed by atoms with Crippen LogP contribution in [0.5, 0.6) is 0 Å². The van der Waals surface area contributed by atoms with Gasteiger partial charge < -0.3 is 10.2 Å². The highest BCUT2D eigenvalue weighted by Crippen LogP contribution is 2.17. The van der Waals surface area contributed by atoms with Gasteiger partial charge in [0.1, 0.15) is 0 Å². The quantitative estimate of drug-likeness (QED) is 0.895. The molecule has 1 N–H and O–H groups in total. The number of rotatable bonds is 5. The molecule has 0 amide bonds. The number of piperidine rings is 1. The Labute approximate surface area is 123 Å². The lowest BCUT2D eigenvalue weighted by atomic mass is 9.95. The van der Waals surface area contributed by atoms with Crippen LogP contribution in [0.4, 0.5) is 0 Å². The second kappa shape index (κ2) is 7.19. The Balaban J connectivity index is 1.64. The van der Waals surface area contributed by atoms with E-state index in [2.05, 4.69) is 48.1 Å². The van der Waals surface area contributed by atoms with Crippen molar-refractivity contribution in [2.75, 3.05) is 26.2 Å². The van der Waals surface area contributed by atoms with E-state index in [-0.39, 0.29) is 5.54 Å². The Morgan fingerprint density at radius 2 is 2.00 bits per heavy atom. The molecule has 20 heavy (non-hydrogen) atoms. The van der Waals surface area contributed by atoms with Crippen molar-refractivity contribution in [2.24, 2.45) is 5.92 Å². The summed E-state index contributed by atoms with van der Waals surface area (Å²) in [5.74, 6) is 0.848. The summed E-state index contributed by atoms with van der Waals surface area (Å²) in [7, 11) is 0. The average Bonchev–Trinajstić information content (AvgIpc) is 2.44. The number of nitrogens with one attached hydrogen (secondary N) is 1. The molecule has 0 radical (unpaired) electrons. The van der Waals surface area contributed by atoms with Crippen LogP contribution in [-0.4, -0.2) is 41.6 Å². The number of aromatic nitrogens is 1. The van der Waals surface area contributed by atoms with Crippen LogP contribution < -0.4 is 5.32 Å². The van der Waals surface area contributed by atoms with Crippen LogP contribution in [0.1, 0.15) is 39.3 Å². The minimum Gasteiger partial charge on any atom is -0.312 e. The van der Waals surface area contributed by atoms with Crippen LogP contribution in [0.3, 0.4) is 0 Å². The van der Waals surface area contributed by atoms with Crippen LogP contribution in [0.2, 0.25) is 0 Å². The first kappa shape index (κ1) is 15.5. The molecule has 1 aliphatic rings. The lowest BCUT2D eigenvalue weighted by Crippen LogP contribution is -2.43. The molecule has 0 unspecified atom stereocenters. The molecule has 112 valence electrons. The van der Waals surface area contributed by atoms with E-state index in [0.29, 0.717) is 0 Å². The predicted octanol–water partition coefficient (Wildman–Crippen LogP) is 2.72. The summed E-state index contributed by atoms with van der Waals surface area (Å²) in [5, 5.41) is 3.64. The van der Waals surface area contributed by atoms with Crippen LogP contribution in [0.25, 0.3) is 0 Å². The fourth-order valence-electron chi connectivity index (χ4n) is 2.68. The van der Waals surface area contributed by atoms with Crippen LogP contribution >= 0.6 is 0 Å². The van der Waals surface area contributed by atoms with Gasteiger partial charge in [-0.1, -0.05) is 6.07 Å². The number of likely N-dealkylation sites (tertiary alicyclic amines) is 1. The second-order valence-electron chi connectivity index (χ2n) is 6.99. The van der Waals surface area contributed by atoms with Crippen molar-refractivity contribution in [1.29, 1.82) is 0 Å². The van der Waals surface area contributed by atoms with E-state index in [0.717, 1.165) is 25.4 Å². The summed E-state index contributed by atoms with van der Waals surface area (Å²) in [6, 6.07) is 6.18. The Bertz CT molecular complexity index is 375. The van der Waals surface area contributed by atoms with E-state index in [1.54, 1.807) is 0 Å². The third-order valence-corrected chi connectivity index (χ3v) is 4.04. The first-order valence-corrected chi connectivity index (χ1v) is 7.90. The Hall–Kier alpha value is -0.930. The molecule has 0 aliphatic carbocycles. The van der Waals surface area contributed by atoms with E-state index < -0.39 is 0 Å². The minimum absolute atomic E-state index is 0.246. The molecule has 1 aliphatic heterocycles. The highest BCUT2D eigenvalue weighted by atomic mass is 15.1. The summed E-state index contributed by atoms with van der Waals surface area (Å²) < 4.78 is 0. The first-order chi connectivity index (χ1) is 9.53. The summed E-state index contributed by atoms with van der Waals surface area (Å²) in [6.45, 7) is 11.5. The molecule has 0 saturated carbocycles. The molecule has 0 atom stereocenters. The predicted molar refractivity (Wildman–Crippen MR) is 84.9 cm³/mol. The average molecular weight is 275 g/mol. The standard InChI is InChI=1S/C17H29N3/c1-17(2,3)19-14-15-7-11-20(12-8-15)13-9-16-6-4-5-10-18-16/h4-6,10,15,19H,7-9,11-14H2,1-3H3. The molecule has 1 aromatic rings. The van der Waals surface area contributed by atoms with E-state index in [1.165, 1.54) is 31.6 Å². The van der Waals surface area contributed by atoms with E-state index >= 15 is 0 Å². The van der Waals surface area contributed by atoms with E-state index in [4.69, 9.17) is 0 Å². The molecule has 0 aromatic carbocycles. The SMILES string of the molecule is CC(C)(C)NCC1CCN(CCc2ccccn2)CC1. The highest BCUT2D eigenvalue weighted by molar-refractivity contribution is 5.03. The lowest BCUT2D eigenvalue weighted by molar-refractivity contribution is 0.178. The van der Waals surface area contributed by atoms with Gasteiger partial charge in [-0.05, 0) is 71.3 Å². The van der Waals surface area contributed by atoms with E-state index in [1.807, 2.05) is 12.3 Å². The number of pyridine rings is 1.